The van der Waals surface area contributed by atoms with Gasteiger partial charge in [-0.25, -0.2) is 13.4 Å². The van der Waals surface area contributed by atoms with Crippen molar-refractivity contribution in [3.8, 4) is 0 Å². The summed E-state index contributed by atoms with van der Waals surface area (Å²) in [6, 6.07) is 0. The molecule has 0 aromatic carbocycles. The molecule has 3 heterocycles. The van der Waals surface area contributed by atoms with Gasteiger partial charge in [-0.1, -0.05) is 0 Å². The Kier molecular flexibility index (Phi) is 5.32. The summed E-state index contributed by atoms with van der Waals surface area (Å²) in [5.74, 6) is 0.369. The number of aryl methyl sites for hydroxylation is 1. The molecule has 0 aliphatic carbocycles. The Morgan fingerprint density at radius 3 is 2.88 bits per heavy atom. The third-order valence-corrected chi connectivity index (χ3v) is 7.96. The maximum absolute atomic E-state index is 12.2. The van der Waals surface area contributed by atoms with E-state index in [4.69, 9.17) is 9.47 Å². The molecule has 2 fully saturated rings. The Hall–Kier alpha value is -0.540. The van der Waals surface area contributed by atoms with E-state index in [-0.39, 0.29) is 10.9 Å². The molecule has 1 atom stereocenters. The van der Waals surface area contributed by atoms with Gasteiger partial charge in [0.1, 0.15) is 0 Å². The number of sulfonamides is 1. The predicted octanol–water partition coefficient (Wildman–Crippen LogP) is 2.19. The number of nitrogens with zero attached hydrogens (tertiary/aromatic N) is 2. The van der Waals surface area contributed by atoms with Gasteiger partial charge in [0.25, 0.3) is 0 Å². The Labute approximate surface area is 148 Å². The minimum absolute atomic E-state index is 0.289. The number of ether oxygens (including phenoxy) is 2. The third kappa shape index (κ3) is 3.53. The highest BCUT2D eigenvalue weighted by Gasteiger charge is 2.56. The SMILES string of the molecule is Cc1nc(COCC[C@@H]2CCOC23CN(S(=O)(=O)C(C)C)C3)cs1. The van der Waals surface area contributed by atoms with Gasteiger partial charge in [-0.2, -0.15) is 4.31 Å². The molecule has 1 aromatic rings. The van der Waals surface area contributed by atoms with Crippen LogP contribution in [0.4, 0.5) is 0 Å². The van der Waals surface area contributed by atoms with E-state index in [0.717, 1.165) is 23.5 Å². The highest BCUT2D eigenvalue weighted by atomic mass is 32.2. The van der Waals surface area contributed by atoms with E-state index in [2.05, 4.69) is 4.98 Å². The van der Waals surface area contributed by atoms with Crippen molar-refractivity contribution < 1.29 is 17.9 Å². The maximum Gasteiger partial charge on any atom is 0.216 e. The topological polar surface area (TPSA) is 68.7 Å². The van der Waals surface area contributed by atoms with Gasteiger partial charge in [-0.3, -0.25) is 0 Å². The molecular weight excluding hydrogens is 348 g/mol. The summed E-state index contributed by atoms with van der Waals surface area (Å²) in [4.78, 5) is 4.38. The van der Waals surface area contributed by atoms with Crippen LogP contribution in [0.2, 0.25) is 0 Å². The molecule has 8 heteroatoms. The number of rotatable bonds is 7. The van der Waals surface area contributed by atoms with E-state index in [1.54, 1.807) is 29.5 Å². The predicted molar refractivity (Wildman–Crippen MR) is 93.5 cm³/mol. The minimum atomic E-state index is -3.17. The van der Waals surface area contributed by atoms with Crippen molar-refractivity contribution in [1.29, 1.82) is 0 Å². The van der Waals surface area contributed by atoms with Crippen LogP contribution in [0.5, 0.6) is 0 Å². The van der Waals surface area contributed by atoms with Crippen molar-refractivity contribution in [2.75, 3.05) is 26.3 Å². The van der Waals surface area contributed by atoms with Gasteiger partial charge in [0.15, 0.2) is 0 Å². The molecule has 136 valence electrons. The molecule has 1 aromatic heterocycles. The van der Waals surface area contributed by atoms with Crippen LogP contribution in [0.15, 0.2) is 5.38 Å². The summed E-state index contributed by atoms with van der Waals surface area (Å²) in [6.07, 6.45) is 1.88. The molecule has 6 nitrogen and oxygen atoms in total. The smallest absolute Gasteiger partial charge is 0.216 e. The quantitative estimate of drug-likeness (QED) is 0.684. The second kappa shape index (κ2) is 6.99. The summed E-state index contributed by atoms with van der Waals surface area (Å²) in [7, 11) is -3.17. The molecule has 2 saturated heterocycles. The van der Waals surface area contributed by atoms with Crippen molar-refractivity contribution in [1.82, 2.24) is 9.29 Å². The first-order chi connectivity index (χ1) is 11.3. The maximum atomic E-state index is 12.2. The Balaban J connectivity index is 1.47. The molecule has 0 saturated carbocycles. The third-order valence-electron chi connectivity index (χ3n) is 4.97. The average Bonchev–Trinajstić information content (AvgIpc) is 3.08. The van der Waals surface area contributed by atoms with Crippen molar-refractivity contribution >= 4 is 21.4 Å². The van der Waals surface area contributed by atoms with Crippen LogP contribution in [0.3, 0.4) is 0 Å². The monoisotopic (exact) mass is 374 g/mol. The molecule has 1 spiro atoms. The van der Waals surface area contributed by atoms with Crippen LogP contribution < -0.4 is 0 Å². The summed E-state index contributed by atoms with van der Waals surface area (Å²) < 4.78 is 37.7. The van der Waals surface area contributed by atoms with Gasteiger partial charge >= 0.3 is 0 Å². The van der Waals surface area contributed by atoms with E-state index < -0.39 is 10.0 Å². The Bertz CT molecular complexity index is 665. The number of thiazole rings is 1. The van der Waals surface area contributed by atoms with Crippen LogP contribution in [0.1, 0.15) is 37.4 Å². The second-order valence-corrected chi connectivity index (χ2v) is 10.5. The van der Waals surface area contributed by atoms with Crippen molar-refractivity contribution in [2.45, 2.75) is 51.1 Å². The lowest BCUT2D eigenvalue weighted by atomic mass is 9.80. The molecule has 0 unspecified atom stereocenters. The molecule has 0 bridgehead atoms. The first kappa shape index (κ1) is 18.3. The van der Waals surface area contributed by atoms with Gasteiger partial charge in [0.05, 0.1) is 28.2 Å². The molecule has 2 aliphatic heterocycles. The highest BCUT2D eigenvalue weighted by molar-refractivity contribution is 7.89. The van der Waals surface area contributed by atoms with Crippen LogP contribution in [0.25, 0.3) is 0 Å². The van der Waals surface area contributed by atoms with Crippen LogP contribution in [-0.4, -0.2) is 54.9 Å². The van der Waals surface area contributed by atoms with Crippen molar-refractivity contribution in [2.24, 2.45) is 5.92 Å². The molecule has 0 radical (unpaired) electrons. The molecular formula is C16H26N2O4S2. The number of hydrogen-bond acceptors (Lipinski definition) is 6. The summed E-state index contributed by atoms with van der Waals surface area (Å²) in [5.41, 5.74) is 0.690. The zero-order valence-corrected chi connectivity index (χ0v) is 16.2. The minimum Gasteiger partial charge on any atom is -0.375 e. The molecule has 0 N–H and O–H groups in total. The van der Waals surface area contributed by atoms with Gasteiger partial charge < -0.3 is 9.47 Å². The first-order valence-corrected chi connectivity index (χ1v) is 10.8. The molecule has 24 heavy (non-hydrogen) atoms. The molecule has 0 amide bonds. The lowest BCUT2D eigenvalue weighted by Crippen LogP contribution is -2.66. The van der Waals surface area contributed by atoms with E-state index >= 15 is 0 Å². The first-order valence-electron chi connectivity index (χ1n) is 8.45. The number of aromatic nitrogens is 1. The fourth-order valence-electron chi connectivity index (χ4n) is 3.45. The Morgan fingerprint density at radius 2 is 2.25 bits per heavy atom. The van der Waals surface area contributed by atoms with E-state index in [1.165, 1.54) is 0 Å². The Morgan fingerprint density at radius 1 is 1.50 bits per heavy atom. The summed E-state index contributed by atoms with van der Waals surface area (Å²) in [6.45, 7) is 8.32. The standard InChI is InChI=1S/C16H26N2O4S2/c1-12(2)24(19,20)18-10-16(11-18)14(5-7-22-16)4-6-21-8-15-9-23-13(3)17-15/h9,12,14H,4-8,10-11H2,1-3H3/t14-/m1/s1. The van der Waals surface area contributed by atoms with Crippen molar-refractivity contribution in [3.63, 3.8) is 0 Å². The lowest BCUT2D eigenvalue weighted by Gasteiger charge is -2.49. The normalized spacial score (nSPS) is 23.9. The van der Waals surface area contributed by atoms with Gasteiger partial charge in [0.2, 0.25) is 10.0 Å². The zero-order chi connectivity index (χ0) is 17.4. The average molecular weight is 375 g/mol. The fraction of sp³-hybridized carbons (Fsp3) is 0.812. The number of hydrogen-bond donors (Lipinski definition) is 0. The van der Waals surface area contributed by atoms with Gasteiger partial charge in [-0.05, 0) is 39.5 Å². The highest BCUT2D eigenvalue weighted by Crippen LogP contribution is 2.43. The van der Waals surface area contributed by atoms with E-state index in [1.807, 2.05) is 12.3 Å². The van der Waals surface area contributed by atoms with Crippen LogP contribution >= 0.6 is 11.3 Å². The summed E-state index contributed by atoms with van der Waals surface area (Å²) in [5, 5.41) is 2.70. The largest absolute Gasteiger partial charge is 0.375 e. The zero-order valence-electron chi connectivity index (χ0n) is 14.5. The summed E-state index contributed by atoms with van der Waals surface area (Å²) >= 11 is 1.63. The van der Waals surface area contributed by atoms with E-state index in [9.17, 15) is 8.42 Å². The second-order valence-electron chi connectivity index (χ2n) is 6.96. The van der Waals surface area contributed by atoms with Gasteiger partial charge in [-0.15, -0.1) is 11.3 Å². The van der Waals surface area contributed by atoms with Crippen LogP contribution in [-0.2, 0) is 26.1 Å². The van der Waals surface area contributed by atoms with Crippen molar-refractivity contribution in [3.05, 3.63) is 16.1 Å². The van der Waals surface area contributed by atoms with E-state index in [0.29, 0.717) is 38.8 Å². The lowest BCUT2D eigenvalue weighted by molar-refractivity contribution is -0.106. The molecule has 2 aliphatic rings. The van der Waals surface area contributed by atoms with Gasteiger partial charge in [0, 0.05) is 31.7 Å². The molecule has 3 rings (SSSR count). The fourth-order valence-corrected chi connectivity index (χ4v) is 5.44. The van der Waals surface area contributed by atoms with Crippen LogP contribution in [0, 0.1) is 12.8 Å².